The molecule has 0 bridgehead atoms. The first-order valence-corrected chi connectivity index (χ1v) is 8.30. The van der Waals surface area contributed by atoms with Crippen LogP contribution in [0.2, 0.25) is 0 Å². The maximum atomic E-state index is 10.3. The Labute approximate surface area is 125 Å². The van der Waals surface area contributed by atoms with Crippen LogP contribution in [0.3, 0.4) is 0 Å². The van der Waals surface area contributed by atoms with E-state index in [4.69, 9.17) is 5.11 Å². The van der Waals surface area contributed by atoms with E-state index in [1.54, 1.807) is 0 Å². The van der Waals surface area contributed by atoms with Crippen molar-refractivity contribution in [3.63, 3.8) is 0 Å². The molecule has 20 heavy (non-hydrogen) atoms. The lowest BCUT2D eigenvalue weighted by Gasteiger charge is -1.97. The van der Waals surface area contributed by atoms with Gasteiger partial charge in [-0.25, -0.2) is 0 Å². The van der Waals surface area contributed by atoms with Crippen LogP contribution >= 0.6 is 0 Å². The van der Waals surface area contributed by atoms with Crippen molar-refractivity contribution in [3.8, 4) is 0 Å². The first-order chi connectivity index (χ1) is 9.77. The van der Waals surface area contributed by atoms with Crippen LogP contribution in [0.4, 0.5) is 0 Å². The second-order valence-corrected chi connectivity index (χ2v) is 5.41. The summed E-state index contributed by atoms with van der Waals surface area (Å²) in [5.74, 6) is -0.672. The van der Waals surface area contributed by atoms with Gasteiger partial charge in [-0.1, -0.05) is 69.8 Å². The van der Waals surface area contributed by atoms with Gasteiger partial charge in [0, 0.05) is 6.42 Å². The lowest BCUT2D eigenvalue weighted by Crippen LogP contribution is -1.93. The Morgan fingerprint density at radius 2 is 1.30 bits per heavy atom. The summed E-state index contributed by atoms with van der Waals surface area (Å²) in [7, 11) is 0. The molecule has 0 aromatic rings. The Morgan fingerprint density at radius 3 is 1.85 bits per heavy atom. The zero-order chi connectivity index (χ0) is 14.9. The number of carboxylic acids is 1. The monoisotopic (exact) mass is 280 g/mol. The van der Waals surface area contributed by atoms with Crippen molar-refractivity contribution in [2.75, 3.05) is 0 Å². The summed E-state index contributed by atoms with van der Waals surface area (Å²) in [6.45, 7) is 2.24. The maximum absolute atomic E-state index is 10.3. The normalized spacial score (nSPS) is 11.7. The van der Waals surface area contributed by atoms with Crippen molar-refractivity contribution in [2.24, 2.45) is 0 Å². The molecular weight excluding hydrogens is 248 g/mol. The lowest BCUT2D eigenvalue weighted by atomic mass is 10.1. The molecule has 1 N–H and O–H groups in total. The van der Waals surface area contributed by atoms with Gasteiger partial charge >= 0.3 is 5.97 Å². The summed E-state index contributed by atoms with van der Waals surface area (Å²) in [4.78, 5) is 10.3. The van der Waals surface area contributed by atoms with Crippen molar-refractivity contribution < 1.29 is 9.90 Å². The van der Waals surface area contributed by atoms with Gasteiger partial charge in [-0.2, -0.15) is 0 Å². The van der Waals surface area contributed by atoms with Crippen molar-refractivity contribution >= 4 is 5.97 Å². The van der Waals surface area contributed by atoms with Gasteiger partial charge in [0.05, 0.1) is 0 Å². The number of aliphatic carboxylic acids is 1. The highest BCUT2D eigenvalue weighted by Crippen LogP contribution is 2.07. The Balaban J connectivity index is 3.19. The summed E-state index contributed by atoms with van der Waals surface area (Å²) in [6, 6.07) is 0. The van der Waals surface area contributed by atoms with Gasteiger partial charge in [0.25, 0.3) is 0 Å². The fraction of sp³-hybridized carbons (Fsp3) is 0.722. The fourth-order valence-corrected chi connectivity index (χ4v) is 2.11. The standard InChI is InChI=1S/C18H32O2/c1-2-3-4-5-6-7-8-9-10-11-12-13-14-15-16-17-18(19)20/h7-10H,2-6,11-17H2,1H3,(H,19,20)/b8-7+,10-9+. The maximum Gasteiger partial charge on any atom is 0.303 e. The van der Waals surface area contributed by atoms with Gasteiger partial charge in [-0.15, -0.1) is 0 Å². The van der Waals surface area contributed by atoms with Gasteiger partial charge in [0.2, 0.25) is 0 Å². The highest BCUT2D eigenvalue weighted by Gasteiger charge is 1.95. The third-order valence-corrected chi connectivity index (χ3v) is 3.37. The molecule has 2 heteroatoms. The molecule has 0 spiro atoms. The van der Waals surface area contributed by atoms with Gasteiger partial charge < -0.3 is 5.11 Å². The summed E-state index contributed by atoms with van der Waals surface area (Å²) < 4.78 is 0. The van der Waals surface area contributed by atoms with Crippen LogP contribution in [0.25, 0.3) is 0 Å². The van der Waals surface area contributed by atoms with Gasteiger partial charge in [-0.3, -0.25) is 4.79 Å². The van der Waals surface area contributed by atoms with E-state index in [0.29, 0.717) is 6.42 Å². The van der Waals surface area contributed by atoms with E-state index in [2.05, 4.69) is 31.2 Å². The average molecular weight is 280 g/mol. The van der Waals surface area contributed by atoms with Crippen LogP contribution in [0.1, 0.15) is 84.0 Å². The molecule has 0 radical (unpaired) electrons. The Kier molecular flexibility index (Phi) is 15.2. The zero-order valence-electron chi connectivity index (χ0n) is 13.2. The summed E-state index contributed by atoms with van der Waals surface area (Å²) in [5, 5.41) is 8.50. The van der Waals surface area contributed by atoms with E-state index in [9.17, 15) is 4.79 Å². The molecular formula is C18H32O2. The third kappa shape index (κ3) is 16.9. The number of unbranched alkanes of at least 4 members (excludes halogenated alkanes) is 9. The number of allylic oxidation sites excluding steroid dienone is 4. The number of carboxylic acid groups (broad SMARTS) is 1. The zero-order valence-corrected chi connectivity index (χ0v) is 13.2. The van der Waals surface area contributed by atoms with E-state index in [1.807, 2.05) is 0 Å². The topological polar surface area (TPSA) is 37.3 Å². The van der Waals surface area contributed by atoms with E-state index in [0.717, 1.165) is 25.7 Å². The van der Waals surface area contributed by atoms with E-state index in [1.165, 1.54) is 44.9 Å². The molecule has 0 aliphatic heterocycles. The number of hydrogen-bond donors (Lipinski definition) is 1. The minimum absolute atomic E-state index is 0.322. The molecule has 0 saturated carbocycles. The molecule has 0 atom stereocenters. The Morgan fingerprint density at radius 1 is 0.800 bits per heavy atom. The predicted molar refractivity (Wildman–Crippen MR) is 87.0 cm³/mol. The summed E-state index contributed by atoms with van der Waals surface area (Å²) in [6.07, 6.45) is 22.3. The van der Waals surface area contributed by atoms with Crippen LogP contribution in [0.15, 0.2) is 24.3 Å². The Bertz CT molecular complexity index is 267. The lowest BCUT2D eigenvalue weighted by molar-refractivity contribution is -0.137. The molecule has 116 valence electrons. The third-order valence-electron chi connectivity index (χ3n) is 3.37. The van der Waals surface area contributed by atoms with Gasteiger partial charge in [0.1, 0.15) is 0 Å². The van der Waals surface area contributed by atoms with E-state index < -0.39 is 5.97 Å². The molecule has 0 aromatic heterocycles. The number of carbonyl (C=O) groups is 1. The molecule has 0 rings (SSSR count). The highest BCUT2D eigenvalue weighted by molar-refractivity contribution is 5.66. The van der Waals surface area contributed by atoms with Crippen LogP contribution in [0, 0.1) is 0 Å². The van der Waals surface area contributed by atoms with Crippen LogP contribution in [0.5, 0.6) is 0 Å². The largest absolute Gasteiger partial charge is 0.481 e. The Hall–Kier alpha value is -1.05. The molecule has 2 nitrogen and oxygen atoms in total. The number of hydrogen-bond acceptors (Lipinski definition) is 1. The van der Waals surface area contributed by atoms with Crippen LogP contribution in [-0.4, -0.2) is 11.1 Å². The van der Waals surface area contributed by atoms with Crippen LogP contribution in [-0.2, 0) is 4.79 Å². The quantitative estimate of drug-likeness (QED) is 0.318. The second kappa shape index (κ2) is 16.0. The number of rotatable bonds is 14. The second-order valence-electron chi connectivity index (χ2n) is 5.41. The highest BCUT2D eigenvalue weighted by atomic mass is 16.4. The van der Waals surface area contributed by atoms with Crippen molar-refractivity contribution in [1.82, 2.24) is 0 Å². The van der Waals surface area contributed by atoms with Crippen molar-refractivity contribution in [2.45, 2.75) is 84.0 Å². The molecule has 0 saturated heterocycles. The first-order valence-electron chi connectivity index (χ1n) is 8.30. The first kappa shape index (κ1) is 18.9. The van der Waals surface area contributed by atoms with Crippen molar-refractivity contribution in [3.05, 3.63) is 24.3 Å². The van der Waals surface area contributed by atoms with Crippen LogP contribution < -0.4 is 0 Å². The van der Waals surface area contributed by atoms with E-state index >= 15 is 0 Å². The van der Waals surface area contributed by atoms with E-state index in [-0.39, 0.29) is 0 Å². The molecule has 0 amide bonds. The molecule has 0 heterocycles. The summed E-state index contributed by atoms with van der Waals surface area (Å²) >= 11 is 0. The molecule has 0 fully saturated rings. The van der Waals surface area contributed by atoms with Gasteiger partial charge in [-0.05, 0) is 32.1 Å². The minimum Gasteiger partial charge on any atom is -0.481 e. The van der Waals surface area contributed by atoms with Gasteiger partial charge in [0.15, 0.2) is 0 Å². The SMILES string of the molecule is CCCCCC/C=C/C=C/CCCCCCCC(=O)O. The fourth-order valence-electron chi connectivity index (χ4n) is 2.11. The van der Waals surface area contributed by atoms with Crippen molar-refractivity contribution in [1.29, 1.82) is 0 Å². The molecule has 0 unspecified atom stereocenters. The molecule has 0 aliphatic carbocycles. The minimum atomic E-state index is -0.672. The predicted octanol–water partition coefficient (Wildman–Crippen LogP) is 5.88. The molecule has 0 aromatic carbocycles. The average Bonchev–Trinajstić information content (AvgIpc) is 2.43. The molecule has 0 aliphatic rings. The summed E-state index contributed by atoms with van der Waals surface area (Å²) in [5.41, 5.74) is 0. The smallest absolute Gasteiger partial charge is 0.303 e.